The number of anilines is 1. The van der Waals surface area contributed by atoms with Gasteiger partial charge in [0.25, 0.3) is 0 Å². The number of benzene rings is 2. The van der Waals surface area contributed by atoms with E-state index in [1.54, 1.807) is 0 Å². The van der Waals surface area contributed by atoms with Crippen molar-refractivity contribution in [3.8, 4) is 11.3 Å². The summed E-state index contributed by atoms with van der Waals surface area (Å²) in [4.78, 5) is 15.1. The normalized spacial score (nSPS) is 17.0. The van der Waals surface area contributed by atoms with E-state index >= 15 is 0 Å². The average Bonchev–Trinajstić information content (AvgIpc) is 2.80. The molecule has 4 heteroatoms. The maximum Gasteiger partial charge on any atom is 0.226 e. The van der Waals surface area contributed by atoms with E-state index in [9.17, 15) is 0 Å². The summed E-state index contributed by atoms with van der Waals surface area (Å²) in [7, 11) is 0. The Hall–Kier alpha value is -2.72. The molecular formula is C26H30N4. The molecule has 1 fully saturated rings. The molecule has 0 saturated carbocycles. The van der Waals surface area contributed by atoms with Gasteiger partial charge >= 0.3 is 0 Å². The summed E-state index contributed by atoms with van der Waals surface area (Å²) in [5, 5.41) is 0. The van der Waals surface area contributed by atoms with Crippen LogP contribution in [0, 0.1) is 6.92 Å². The number of aromatic nitrogens is 2. The smallest absolute Gasteiger partial charge is 0.226 e. The lowest BCUT2D eigenvalue weighted by Crippen LogP contribution is -2.46. The molecule has 1 aliphatic heterocycles. The zero-order valence-corrected chi connectivity index (χ0v) is 17.8. The third-order valence-electron chi connectivity index (χ3n) is 6.40. The molecular weight excluding hydrogens is 368 g/mol. The molecule has 0 bridgehead atoms. The minimum absolute atomic E-state index is 0.922. The van der Waals surface area contributed by atoms with Crippen LogP contribution in [0.15, 0.2) is 54.6 Å². The highest BCUT2D eigenvalue weighted by Gasteiger charge is 2.24. The molecule has 2 aliphatic rings. The molecule has 0 amide bonds. The van der Waals surface area contributed by atoms with Gasteiger partial charge in [-0.3, -0.25) is 4.90 Å². The van der Waals surface area contributed by atoms with Crippen molar-refractivity contribution in [2.24, 2.45) is 0 Å². The Bertz CT molecular complexity index is 990. The fourth-order valence-corrected chi connectivity index (χ4v) is 4.62. The molecule has 1 aliphatic carbocycles. The molecule has 0 radical (unpaired) electrons. The minimum Gasteiger partial charge on any atom is -0.338 e. The maximum absolute atomic E-state index is 5.11. The molecule has 1 saturated heterocycles. The second-order valence-corrected chi connectivity index (χ2v) is 8.62. The predicted octanol–water partition coefficient (Wildman–Crippen LogP) is 4.65. The molecule has 1 aromatic heterocycles. The van der Waals surface area contributed by atoms with Crippen LogP contribution in [0.25, 0.3) is 11.3 Å². The molecule has 4 nitrogen and oxygen atoms in total. The van der Waals surface area contributed by atoms with Gasteiger partial charge in [-0.05, 0) is 38.2 Å². The number of rotatable bonds is 4. The monoisotopic (exact) mass is 398 g/mol. The molecule has 0 N–H and O–H groups in total. The van der Waals surface area contributed by atoms with Crippen LogP contribution in [-0.4, -0.2) is 41.0 Å². The topological polar surface area (TPSA) is 32.3 Å². The maximum atomic E-state index is 5.11. The molecule has 30 heavy (non-hydrogen) atoms. The number of nitrogens with zero attached hydrogens (tertiary/aromatic N) is 4. The summed E-state index contributed by atoms with van der Waals surface area (Å²) in [5.41, 5.74) is 7.70. The fourth-order valence-electron chi connectivity index (χ4n) is 4.62. The van der Waals surface area contributed by atoms with Crippen LogP contribution in [0.3, 0.4) is 0 Å². The van der Waals surface area contributed by atoms with Gasteiger partial charge in [0, 0.05) is 49.5 Å². The summed E-state index contributed by atoms with van der Waals surface area (Å²) >= 11 is 0. The first-order valence-electron chi connectivity index (χ1n) is 11.2. The van der Waals surface area contributed by atoms with Crippen LogP contribution in [0.5, 0.6) is 0 Å². The Morgan fingerprint density at radius 2 is 1.53 bits per heavy atom. The Morgan fingerprint density at radius 1 is 0.800 bits per heavy atom. The van der Waals surface area contributed by atoms with Crippen molar-refractivity contribution in [1.82, 2.24) is 14.9 Å². The van der Waals surface area contributed by atoms with Crippen LogP contribution in [0.4, 0.5) is 5.95 Å². The minimum atomic E-state index is 0.922. The van der Waals surface area contributed by atoms with Crippen LogP contribution < -0.4 is 4.90 Å². The molecule has 2 heterocycles. The second kappa shape index (κ2) is 8.57. The summed E-state index contributed by atoms with van der Waals surface area (Å²) in [6.07, 6.45) is 4.66. The van der Waals surface area contributed by atoms with Gasteiger partial charge < -0.3 is 4.90 Å². The van der Waals surface area contributed by atoms with E-state index in [2.05, 4.69) is 71.3 Å². The number of piperazine rings is 1. The van der Waals surface area contributed by atoms with Gasteiger partial charge in [-0.15, -0.1) is 0 Å². The Kier molecular flexibility index (Phi) is 5.50. The highest BCUT2D eigenvalue weighted by atomic mass is 15.3. The lowest BCUT2D eigenvalue weighted by Gasteiger charge is -2.35. The Morgan fingerprint density at radius 3 is 2.30 bits per heavy atom. The number of hydrogen-bond acceptors (Lipinski definition) is 4. The quantitative estimate of drug-likeness (QED) is 0.640. The average molecular weight is 399 g/mol. The summed E-state index contributed by atoms with van der Waals surface area (Å²) < 4.78 is 0. The Labute approximate surface area is 179 Å². The van der Waals surface area contributed by atoms with Crippen LogP contribution in [0.2, 0.25) is 0 Å². The van der Waals surface area contributed by atoms with E-state index in [1.807, 2.05) is 0 Å². The molecule has 2 aromatic carbocycles. The third kappa shape index (κ3) is 4.10. The third-order valence-corrected chi connectivity index (χ3v) is 6.40. The molecule has 3 aromatic rings. The standard InChI is InChI=1S/C26H30N4/c1-20-11-13-22(14-12-20)25-23-9-5-6-10-24(23)27-26(28-25)30-17-15-29(16-18-30)19-21-7-3-2-4-8-21/h2-4,7-8,11-14H,5-6,9-10,15-19H2,1H3. The highest BCUT2D eigenvalue weighted by Crippen LogP contribution is 2.31. The van der Waals surface area contributed by atoms with E-state index < -0.39 is 0 Å². The number of aryl methyl sites for hydroxylation is 2. The first kappa shape index (κ1) is 19.3. The highest BCUT2D eigenvalue weighted by molar-refractivity contribution is 5.66. The van der Waals surface area contributed by atoms with E-state index in [4.69, 9.17) is 9.97 Å². The number of fused-ring (bicyclic) bond motifs is 1. The summed E-state index contributed by atoms with van der Waals surface area (Å²) in [6.45, 7) is 7.23. The molecule has 0 unspecified atom stereocenters. The zero-order valence-electron chi connectivity index (χ0n) is 17.8. The van der Waals surface area contributed by atoms with Crippen LogP contribution >= 0.6 is 0 Å². The SMILES string of the molecule is Cc1ccc(-c2nc(N3CCN(Cc4ccccc4)CC3)nc3c2CCCC3)cc1. The predicted molar refractivity (Wildman–Crippen MR) is 123 cm³/mol. The van der Waals surface area contributed by atoms with Gasteiger partial charge in [0.15, 0.2) is 0 Å². The van der Waals surface area contributed by atoms with Gasteiger partial charge in [-0.1, -0.05) is 60.2 Å². The van der Waals surface area contributed by atoms with Crippen molar-refractivity contribution in [3.63, 3.8) is 0 Å². The van der Waals surface area contributed by atoms with E-state index in [0.29, 0.717) is 0 Å². The van der Waals surface area contributed by atoms with Crippen molar-refractivity contribution >= 4 is 5.95 Å². The van der Waals surface area contributed by atoms with Gasteiger partial charge in [0.05, 0.1) is 5.69 Å². The van der Waals surface area contributed by atoms with Crippen molar-refractivity contribution in [3.05, 3.63) is 77.0 Å². The molecule has 0 atom stereocenters. The first-order chi connectivity index (χ1) is 14.8. The van der Waals surface area contributed by atoms with E-state index in [1.165, 1.54) is 40.8 Å². The van der Waals surface area contributed by atoms with Crippen molar-refractivity contribution in [2.45, 2.75) is 39.2 Å². The second-order valence-electron chi connectivity index (χ2n) is 8.62. The van der Waals surface area contributed by atoms with Gasteiger partial charge in [-0.2, -0.15) is 0 Å². The van der Waals surface area contributed by atoms with Crippen molar-refractivity contribution in [2.75, 3.05) is 31.1 Å². The molecule has 5 rings (SSSR count). The fraction of sp³-hybridized carbons (Fsp3) is 0.385. The summed E-state index contributed by atoms with van der Waals surface area (Å²) in [6, 6.07) is 19.6. The lowest BCUT2D eigenvalue weighted by atomic mass is 9.92. The van der Waals surface area contributed by atoms with Crippen LogP contribution in [0.1, 0.15) is 35.2 Å². The Balaban J connectivity index is 1.37. The van der Waals surface area contributed by atoms with E-state index in [-0.39, 0.29) is 0 Å². The van der Waals surface area contributed by atoms with Gasteiger partial charge in [0.2, 0.25) is 5.95 Å². The zero-order chi connectivity index (χ0) is 20.3. The largest absolute Gasteiger partial charge is 0.338 e. The number of hydrogen-bond donors (Lipinski definition) is 0. The van der Waals surface area contributed by atoms with E-state index in [0.717, 1.165) is 57.2 Å². The lowest BCUT2D eigenvalue weighted by molar-refractivity contribution is 0.248. The van der Waals surface area contributed by atoms with Gasteiger partial charge in [0.1, 0.15) is 0 Å². The van der Waals surface area contributed by atoms with Crippen LogP contribution in [-0.2, 0) is 19.4 Å². The molecule has 0 spiro atoms. The molecule has 154 valence electrons. The van der Waals surface area contributed by atoms with Gasteiger partial charge in [-0.25, -0.2) is 9.97 Å². The first-order valence-corrected chi connectivity index (χ1v) is 11.2. The van der Waals surface area contributed by atoms with Crippen molar-refractivity contribution in [1.29, 1.82) is 0 Å². The van der Waals surface area contributed by atoms with Crippen molar-refractivity contribution < 1.29 is 0 Å². The summed E-state index contributed by atoms with van der Waals surface area (Å²) in [5.74, 6) is 0.922.